The molecule has 2 aromatic heterocycles. The lowest BCUT2D eigenvalue weighted by Crippen LogP contribution is -2.36. The van der Waals surface area contributed by atoms with Gasteiger partial charge in [-0.2, -0.15) is 15.6 Å². The molecule has 2 heterocycles. The maximum Gasteiger partial charge on any atom is 0.348 e. The lowest BCUT2D eigenvalue weighted by Gasteiger charge is -2.19. The number of thiophene rings is 1. The van der Waals surface area contributed by atoms with Crippen molar-refractivity contribution in [2.24, 2.45) is 0 Å². The van der Waals surface area contributed by atoms with Crippen molar-refractivity contribution in [1.29, 1.82) is 10.5 Å². The summed E-state index contributed by atoms with van der Waals surface area (Å²) in [4.78, 5) is 27.4. The summed E-state index contributed by atoms with van der Waals surface area (Å²) in [6.07, 6.45) is 0.279. The minimum Gasteiger partial charge on any atom is -0.451 e. The van der Waals surface area contributed by atoms with Crippen molar-refractivity contribution in [2.45, 2.75) is 19.8 Å². The number of aromatic nitrogens is 2. The largest absolute Gasteiger partial charge is 0.451 e. The number of rotatable bonds is 8. The molecule has 0 saturated carbocycles. The highest BCUT2D eigenvalue weighted by molar-refractivity contribution is 7.20. The molecule has 0 N–H and O–H groups in total. The number of halogens is 1. The SMILES string of the molecule is Cc1nn(-c2cccc(Cl)c2)c2sc(C(=O)OCC(=O)N(CCC#N)CCC#N)cc12. The molecule has 31 heavy (non-hydrogen) atoms. The summed E-state index contributed by atoms with van der Waals surface area (Å²) in [5.41, 5.74) is 1.52. The molecular weight excluding hydrogens is 438 g/mol. The van der Waals surface area contributed by atoms with Gasteiger partial charge in [-0.3, -0.25) is 4.79 Å². The van der Waals surface area contributed by atoms with Crippen molar-refractivity contribution < 1.29 is 14.3 Å². The summed E-state index contributed by atoms with van der Waals surface area (Å²) in [6.45, 7) is 1.76. The Labute approximate surface area is 187 Å². The van der Waals surface area contributed by atoms with Gasteiger partial charge < -0.3 is 9.64 Å². The monoisotopic (exact) mass is 455 g/mol. The summed E-state index contributed by atoms with van der Waals surface area (Å²) in [6, 6.07) is 12.8. The summed E-state index contributed by atoms with van der Waals surface area (Å²) in [5.74, 6) is -1.06. The van der Waals surface area contributed by atoms with Crippen molar-refractivity contribution in [2.75, 3.05) is 19.7 Å². The Balaban J connectivity index is 1.74. The molecule has 0 aliphatic carbocycles. The van der Waals surface area contributed by atoms with Gasteiger partial charge in [0.15, 0.2) is 6.61 Å². The van der Waals surface area contributed by atoms with Crippen LogP contribution in [-0.4, -0.2) is 46.3 Å². The lowest BCUT2D eigenvalue weighted by atomic mass is 10.3. The van der Waals surface area contributed by atoms with Crippen LogP contribution in [0.3, 0.4) is 0 Å². The van der Waals surface area contributed by atoms with Crippen molar-refractivity contribution in [3.05, 3.63) is 45.9 Å². The average Bonchev–Trinajstić information content (AvgIpc) is 3.32. The summed E-state index contributed by atoms with van der Waals surface area (Å²) in [7, 11) is 0. The van der Waals surface area contributed by atoms with Crippen LogP contribution in [0.4, 0.5) is 0 Å². The van der Waals surface area contributed by atoms with Crippen LogP contribution in [0.2, 0.25) is 5.02 Å². The Hall–Kier alpha value is -3.40. The second kappa shape index (κ2) is 10.1. The first-order valence-corrected chi connectivity index (χ1v) is 10.6. The topological polar surface area (TPSA) is 112 Å². The molecule has 3 rings (SSSR count). The number of nitrogens with zero attached hydrogens (tertiary/aromatic N) is 5. The number of aryl methyl sites for hydroxylation is 1. The number of hydrogen-bond acceptors (Lipinski definition) is 7. The van der Waals surface area contributed by atoms with Crippen molar-refractivity contribution in [3.8, 4) is 17.8 Å². The first kappa shape index (κ1) is 22.3. The molecule has 0 saturated heterocycles. The fourth-order valence-electron chi connectivity index (χ4n) is 2.95. The summed E-state index contributed by atoms with van der Waals surface area (Å²) >= 11 is 7.30. The zero-order chi connectivity index (χ0) is 22.4. The third-order valence-electron chi connectivity index (χ3n) is 4.47. The number of ether oxygens (including phenoxy) is 1. The smallest absolute Gasteiger partial charge is 0.348 e. The highest BCUT2D eigenvalue weighted by Crippen LogP contribution is 2.31. The molecule has 8 nitrogen and oxygen atoms in total. The van der Waals surface area contributed by atoms with Gasteiger partial charge in [0.2, 0.25) is 0 Å². The molecular formula is C21H18ClN5O3S. The highest BCUT2D eigenvalue weighted by Gasteiger charge is 2.20. The third-order valence-corrected chi connectivity index (χ3v) is 5.79. The Morgan fingerprint density at radius 2 is 1.94 bits per heavy atom. The fraction of sp³-hybridized carbons (Fsp3) is 0.286. The van der Waals surface area contributed by atoms with Gasteiger partial charge >= 0.3 is 5.97 Å². The van der Waals surface area contributed by atoms with Gasteiger partial charge in [-0.25, -0.2) is 9.48 Å². The van der Waals surface area contributed by atoms with E-state index in [2.05, 4.69) is 5.10 Å². The quantitative estimate of drug-likeness (QED) is 0.476. The third kappa shape index (κ3) is 5.21. The van der Waals surface area contributed by atoms with Gasteiger partial charge in [0, 0.05) is 23.5 Å². The highest BCUT2D eigenvalue weighted by atomic mass is 35.5. The van der Waals surface area contributed by atoms with Crippen molar-refractivity contribution in [1.82, 2.24) is 14.7 Å². The molecule has 0 radical (unpaired) electrons. The normalized spacial score (nSPS) is 10.5. The van der Waals surface area contributed by atoms with E-state index < -0.39 is 18.5 Å². The van der Waals surface area contributed by atoms with E-state index >= 15 is 0 Å². The number of carbonyl (C=O) groups excluding carboxylic acids is 2. The van der Waals surface area contributed by atoms with Crippen LogP contribution < -0.4 is 0 Å². The van der Waals surface area contributed by atoms with E-state index in [9.17, 15) is 9.59 Å². The number of benzene rings is 1. The number of nitriles is 2. The second-order valence-corrected chi connectivity index (χ2v) is 8.05. The van der Waals surface area contributed by atoms with E-state index in [0.29, 0.717) is 9.90 Å². The second-order valence-electron chi connectivity index (χ2n) is 6.58. The molecule has 0 fully saturated rings. The molecule has 0 unspecified atom stereocenters. The standard InChI is InChI=1S/C21H18ClN5O3S/c1-14-17-12-18(31-20(17)27(25-14)16-6-2-5-15(22)11-16)21(29)30-13-19(28)26(9-3-7-23)10-4-8-24/h2,5-6,11-12H,3-4,9-10,13H2,1H3. The van der Waals surface area contributed by atoms with Crippen LogP contribution in [0.1, 0.15) is 28.2 Å². The number of esters is 1. The van der Waals surface area contributed by atoms with Crippen LogP contribution >= 0.6 is 22.9 Å². The molecule has 158 valence electrons. The Bertz CT molecular complexity index is 1190. The van der Waals surface area contributed by atoms with Crippen LogP contribution in [0, 0.1) is 29.6 Å². The Morgan fingerprint density at radius 3 is 2.58 bits per heavy atom. The minimum absolute atomic E-state index is 0.140. The van der Waals surface area contributed by atoms with Gasteiger partial charge in [0.25, 0.3) is 5.91 Å². The first-order chi connectivity index (χ1) is 14.9. The molecule has 0 spiro atoms. The van der Waals surface area contributed by atoms with Gasteiger partial charge in [0.05, 0.1) is 36.4 Å². The van der Waals surface area contributed by atoms with Gasteiger partial charge in [-0.15, -0.1) is 11.3 Å². The van der Waals surface area contributed by atoms with Crippen LogP contribution in [-0.2, 0) is 9.53 Å². The number of fused-ring (bicyclic) bond motifs is 1. The van der Waals surface area contributed by atoms with Crippen LogP contribution in [0.5, 0.6) is 0 Å². The van der Waals surface area contributed by atoms with E-state index in [1.807, 2.05) is 31.2 Å². The molecule has 0 aliphatic heterocycles. The molecule has 1 aromatic carbocycles. The number of hydrogen-bond donors (Lipinski definition) is 0. The molecule has 0 atom stereocenters. The molecule has 0 aliphatic rings. The van der Waals surface area contributed by atoms with Gasteiger partial charge in [-0.05, 0) is 31.2 Å². The van der Waals surface area contributed by atoms with E-state index in [4.69, 9.17) is 26.9 Å². The predicted octanol–water partition coefficient (Wildman–Crippen LogP) is 3.86. The Morgan fingerprint density at radius 1 is 1.23 bits per heavy atom. The molecule has 3 aromatic rings. The van der Waals surface area contributed by atoms with Crippen LogP contribution in [0.25, 0.3) is 15.9 Å². The maximum atomic E-state index is 12.5. The lowest BCUT2D eigenvalue weighted by molar-refractivity contribution is -0.134. The Kier molecular flexibility index (Phi) is 7.24. The fourth-order valence-corrected chi connectivity index (χ4v) is 4.21. The molecule has 1 amide bonds. The van der Waals surface area contributed by atoms with Gasteiger partial charge in [0.1, 0.15) is 9.71 Å². The number of amides is 1. The van der Waals surface area contributed by atoms with E-state index in [1.54, 1.807) is 22.9 Å². The molecule has 0 bridgehead atoms. The first-order valence-electron chi connectivity index (χ1n) is 9.38. The maximum absolute atomic E-state index is 12.5. The average molecular weight is 456 g/mol. The van der Waals surface area contributed by atoms with Crippen molar-refractivity contribution >= 4 is 45.0 Å². The minimum atomic E-state index is -0.618. The number of carbonyl (C=O) groups is 2. The zero-order valence-corrected chi connectivity index (χ0v) is 18.2. The van der Waals surface area contributed by atoms with E-state index in [-0.39, 0.29) is 25.9 Å². The predicted molar refractivity (Wildman–Crippen MR) is 116 cm³/mol. The summed E-state index contributed by atoms with van der Waals surface area (Å²) in [5, 5.41) is 23.4. The summed E-state index contributed by atoms with van der Waals surface area (Å²) < 4.78 is 6.91. The van der Waals surface area contributed by atoms with Gasteiger partial charge in [-0.1, -0.05) is 17.7 Å². The zero-order valence-electron chi connectivity index (χ0n) is 16.7. The van der Waals surface area contributed by atoms with Crippen molar-refractivity contribution in [3.63, 3.8) is 0 Å². The van der Waals surface area contributed by atoms with E-state index in [0.717, 1.165) is 21.6 Å². The molecule has 10 heteroatoms. The van der Waals surface area contributed by atoms with Crippen LogP contribution in [0.15, 0.2) is 30.3 Å². The van der Waals surface area contributed by atoms with E-state index in [1.165, 1.54) is 16.2 Å².